The summed E-state index contributed by atoms with van der Waals surface area (Å²) in [5.74, 6) is 3.81. The molecular weight excluding hydrogens is 334 g/mol. The molecular formula is C23H29N3O. The van der Waals surface area contributed by atoms with Gasteiger partial charge in [0.15, 0.2) is 0 Å². The van der Waals surface area contributed by atoms with Crippen LogP contribution in [0.2, 0.25) is 0 Å². The molecule has 0 saturated heterocycles. The molecule has 0 unspecified atom stereocenters. The topological polar surface area (TPSA) is 46.9 Å². The van der Waals surface area contributed by atoms with Crippen LogP contribution in [0.5, 0.6) is 0 Å². The van der Waals surface area contributed by atoms with Crippen molar-refractivity contribution in [1.82, 2.24) is 14.9 Å². The van der Waals surface area contributed by atoms with Gasteiger partial charge in [0.1, 0.15) is 5.82 Å². The number of hydrogen-bond acceptors (Lipinski definition) is 2. The molecule has 4 heteroatoms. The Kier molecular flexibility index (Phi) is 4.30. The number of benzene rings is 1. The summed E-state index contributed by atoms with van der Waals surface area (Å²) >= 11 is 0. The van der Waals surface area contributed by atoms with Crippen LogP contribution < -0.4 is 5.32 Å². The largest absolute Gasteiger partial charge is 0.356 e. The van der Waals surface area contributed by atoms with E-state index in [-0.39, 0.29) is 5.41 Å². The number of carbonyl (C=O) groups is 1. The zero-order valence-corrected chi connectivity index (χ0v) is 15.9. The number of imidazole rings is 1. The van der Waals surface area contributed by atoms with E-state index in [1.807, 2.05) is 30.6 Å². The van der Waals surface area contributed by atoms with Crippen molar-refractivity contribution in [2.45, 2.75) is 51.5 Å². The van der Waals surface area contributed by atoms with Crippen LogP contribution in [0.4, 0.5) is 0 Å². The highest BCUT2D eigenvalue weighted by molar-refractivity contribution is 5.83. The number of amides is 1. The highest BCUT2D eigenvalue weighted by Crippen LogP contribution is 2.60. The van der Waals surface area contributed by atoms with E-state index in [4.69, 9.17) is 0 Å². The molecule has 2 aromatic rings. The van der Waals surface area contributed by atoms with Crippen LogP contribution in [-0.4, -0.2) is 22.0 Å². The van der Waals surface area contributed by atoms with E-state index in [9.17, 15) is 4.79 Å². The zero-order chi connectivity index (χ0) is 18.3. The first-order chi connectivity index (χ1) is 13.2. The summed E-state index contributed by atoms with van der Waals surface area (Å²) in [4.78, 5) is 17.5. The number of aryl methyl sites for hydroxylation is 1. The average Bonchev–Trinajstić information content (AvgIpc) is 3.13. The van der Waals surface area contributed by atoms with E-state index in [1.165, 1.54) is 19.3 Å². The smallest absolute Gasteiger partial charge is 0.226 e. The summed E-state index contributed by atoms with van der Waals surface area (Å²) in [6, 6.07) is 10.3. The van der Waals surface area contributed by atoms with Gasteiger partial charge in [0.25, 0.3) is 0 Å². The zero-order valence-electron chi connectivity index (χ0n) is 15.9. The highest BCUT2D eigenvalue weighted by Gasteiger charge is 2.54. The number of rotatable bonds is 6. The van der Waals surface area contributed by atoms with Crippen molar-refractivity contribution < 1.29 is 4.79 Å². The molecule has 4 aliphatic carbocycles. The van der Waals surface area contributed by atoms with E-state index < -0.39 is 0 Å². The Hall–Kier alpha value is -2.10. The lowest BCUT2D eigenvalue weighted by molar-refractivity contribution is -0.146. The lowest BCUT2D eigenvalue weighted by Crippen LogP contribution is -2.53. The van der Waals surface area contributed by atoms with Gasteiger partial charge in [-0.3, -0.25) is 4.79 Å². The van der Waals surface area contributed by atoms with Gasteiger partial charge in [-0.25, -0.2) is 4.98 Å². The molecule has 1 amide bonds. The van der Waals surface area contributed by atoms with Gasteiger partial charge in [0.05, 0.1) is 0 Å². The van der Waals surface area contributed by atoms with Gasteiger partial charge in [0, 0.05) is 36.5 Å². The van der Waals surface area contributed by atoms with Gasteiger partial charge in [-0.2, -0.15) is 0 Å². The maximum atomic E-state index is 13.0. The van der Waals surface area contributed by atoms with Crippen molar-refractivity contribution in [2.24, 2.45) is 23.2 Å². The lowest BCUT2D eigenvalue weighted by Gasteiger charge is -2.55. The molecule has 27 heavy (non-hydrogen) atoms. The third kappa shape index (κ3) is 3.19. The molecule has 1 N–H and O–H groups in total. The Morgan fingerprint density at radius 1 is 1.07 bits per heavy atom. The standard InChI is InChI=1S/C23H29N3O/c27-22(23-14-17-11-18(15-23)13-19(12-17)16-23)25-7-4-9-26-10-8-24-21(26)20-5-2-1-3-6-20/h1-3,5-6,8,10,17-19H,4,7,9,11-16H2,(H,25,27). The molecule has 4 nitrogen and oxygen atoms in total. The number of carbonyl (C=O) groups excluding carboxylic acids is 1. The molecule has 4 fully saturated rings. The van der Waals surface area contributed by atoms with E-state index in [2.05, 4.69) is 27.0 Å². The molecule has 4 saturated carbocycles. The van der Waals surface area contributed by atoms with Crippen LogP contribution in [0, 0.1) is 23.2 Å². The van der Waals surface area contributed by atoms with Gasteiger partial charge in [-0.15, -0.1) is 0 Å². The minimum atomic E-state index is -0.0288. The second kappa shape index (κ2) is 6.81. The van der Waals surface area contributed by atoms with Gasteiger partial charge >= 0.3 is 0 Å². The first kappa shape index (κ1) is 17.0. The van der Waals surface area contributed by atoms with E-state index in [0.717, 1.165) is 67.9 Å². The van der Waals surface area contributed by atoms with Crippen molar-refractivity contribution in [2.75, 3.05) is 6.54 Å². The van der Waals surface area contributed by atoms with Crippen molar-refractivity contribution in [3.05, 3.63) is 42.7 Å². The molecule has 1 heterocycles. The van der Waals surface area contributed by atoms with E-state index >= 15 is 0 Å². The molecule has 4 aliphatic rings. The Labute approximate surface area is 161 Å². The average molecular weight is 364 g/mol. The van der Waals surface area contributed by atoms with Crippen LogP contribution in [0.3, 0.4) is 0 Å². The van der Waals surface area contributed by atoms with Gasteiger partial charge in [-0.1, -0.05) is 30.3 Å². The normalized spacial score (nSPS) is 31.2. The number of nitrogens with one attached hydrogen (secondary N) is 1. The summed E-state index contributed by atoms with van der Waals surface area (Å²) in [5.41, 5.74) is 1.11. The second-order valence-electron chi connectivity index (χ2n) is 9.12. The van der Waals surface area contributed by atoms with Gasteiger partial charge in [-0.05, 0) is 62.7 Å². The van der Waals surface area contributed by atoms with E-state index in [1.54, 1.807) is 0 Å². The molecule has 0 aliphatic heterocycles. The lowest BCUT2D eigenvalue weighted by atomic mass is 9.49. The van der Waals surface area contributed by atoms with E-state index in [0.29, 0.717) is 5.91 Å². The fourth-order valence-corrected chi connectivity index (χ4v) is 6.36. The first-order valence-electron chi connectivity index (χ1n) is 10.6. The van der Waals surface area contributed by atoms with Crippen molar-refractivity contribution >= 4 is 5.91 Å². The van der Waals surface area contributed by atoms with Crippen LogP contribution in [0.15, 0.2) is 42.7 Å². The summed E-state index contributed by atoms with van der Waals surface area (Å²) < 4.78 is 2.19. The monoisotopic (exact) mass is 363 g/mol. The number of aromatic nitrogens is 2. The Balaban J connectivity index is 1.16. The Morgan fingerprint density at radius 3 is 2.41 bits per heavy atom. The molecule has 0 spiro atoms. The third-order valence-corrected chi connectivity index (χ3v) is 7.13. The van der Waals surface area contributed by atoms with Gasteiger partial charge in [0.2, 0.25) is 5.91 Å². The highest BCUT2D eigenvalue weighted by atomic mass is 16.2. The van der Waals surface area contributed by atoms with Crippen molar-refractivity contribution in [1.29, 1.82) is 0 Å². The van der Waals surface area contributed by atoms with Crippen LogP contribution in [-0.2, 0) is 11.3 Å². The molecule has 142 valence electrons. The van der Waals surface area contributed by atoms with Crippen LogP contribution >= 0.6 is 0 Å². The Bertz CT molecular complexity index is 775. The second-order valence-corrected chi connectivity index (χ2v) is 9.12. The molecule has 0 atom stereocenters. The van der Waals surface area contributed by atoms with Crippen LogP contribution in [0.25, 0.3) is 11.4 Å². The number of nitrogens with zero attached hydrogens (tertiary/aromatic N) is 2. The van der Waals surface area contributed by atoms with Crippen LogP contribution in [0.1, 0.15) is 44.9 Å². The Morgan fingerprint density at radius 2 is 1.74 bits per heavy atom. The quantitative estimate of drug-likeness (QED) is 0.779. The maximum Gasteiger partial charge on any atom is 0.226 e. The van der Waals surface area contributed by atoms with Gasteiger partial charge < -0.3 is 9.88 Å². The summed E-state index contributed by atoms with van der Waals surface area (Å²) in [6.07, 6.45) is 12.4. The minimum absolute atomic E-state index is 0.0288. The molecule has 6 rings (SSSR count). The number of hydrogen-bond donors (Lipinski definition) is 1. The molecule has 1 aromatic heterocycles. The fourth-order valence-electron chi connectivity index (χ4n) is 6.36. The molecule has 4 bridgehead atoms. The predicted molar refractivity (Wildman–Crippen MR) is 106 cm³/mol. The summed E-state index contributed by atoms with van der Waals surface area (Å²) in [6.45, 7) is 1.64. The third-order valence-electron chi connectivity index (χ3n) is 7.13. The maximum absolute atomic E-state index is 13.0. The SMILES string of the molecule is O=C(NCCCn1ccnc1-c1ccccc1)C12CC3CC(CC(C3)C1)C2. The fraction of sp³-hybridized carbons (Fsp3) is 0.565. The molecule has 1 aromatic carbocycles. The predicted octanol–water partition coefficient (Wildman–Crippen LogP) is 4.27. The summed E-state index contributed by atoms with van der Waals surface area (Å²) in [7, 11) is 0. The van der Waals surface area contributed by atoms with Crippen molar-refractivity contribution in [3.8, 4) is 11.4 Å². The minimum Gasteiger partial charge on any atom is -0.356 e. The summed E-state index contributed by atoms with van der Waals surface area (Å²) in [5, 5.41) is 3.29. The molecule has 0 radical (unpaired) electrons. The first-order valence-corrected chi connectivity index (χ1v) is 10.6. The van der Waals surface area contributed by atoms with Crippen molar-refractivity contribution in [3.63, 3.8) is 0 Å².